The lowest BCUT2D eigenvalue weighted by atomic mass is 10.1. The Bertz CT molecular complexity index is 362. The molecule has 4 heteroatoms. The summed E-state index contributed by atoms with van der Waals surface area (Å²) in [5, 5.41) is 2.51. The first-order valence-electron chi connectivity index (χ1n) is 5.56. The first kappa shape index (κ1) is 13.2. The Morgan fingerprint density at radius 2 is 2.00 bits per heavy atom. The molecule has 0 aliphatic heterocycles. The maximum atomic E-state index is 11.4. The summed E-state index contributed by atoms with van der Waals surface area (Å²) in [5.74, 6) is 0.0526. The summed E-state index contributed by atoms with van der Waals surface area (Å²) in [6.45, 7) is 3.92. The summed E-state index contributed by atoms with van der Waals surface area (Å²) in [6, 6.07) is 8.88. The van der Waals surface area contributed by atoms with Crippen molar-refractivity contribution in [3.05, 3.63) is 35.9 Å². The number of carbonyl (C=O) groups is 2. The zero-order valence-corrected chi connectivity index (χ0v) is 10.1. The number of hydrogen-bond donors (Lipinski definition) is 1. The number of aldehydes is 1. The van der Waals surface area contributed by atoms with Gasteiger partial charge >= 0.3 is 6.09 Å². The van der Waals surface area contributed by atoms with E-state index in [4.69, 9.17) is 4.74 Å². The topological polar surface area (TPSA) is 55.4 Å². The van der Waals surface area contributed by atoms with Crippen LogP contribution in [0.25, 0.3) is 0 Å². The number of carbonyl (C=O) groups excluding carboxylic acids is 2. The molecular weight excluding hydrogens is 218 g/mol. The van der Waals surface area contributed by atoms with Crippen molar-refractivity contribution in [2.24, 2.45) is 5.92 Å². The van der Waals surface area contributed by atoms with Gasteiger partial charge in [-0.2, -0.15) is 0 Å². The minimum absolute atomic E-state index is 0.0526. The van der Waals surface area contributed by atoms with E-state index in [1.165, 1.54) is 0 Å². The molecular formula is C13H17NO3. The Kier molecular flexibility index (Phi) is 5.20. The number of alkyl carbamates (subject to hydrolysis) is 1. The van der Waals surface area contributed by atoms with E-state index in [1.54, 1.807) is 0 Å². The maximum absolute atomic E-state index is 11.4. The lowest BCUT2D eigenvalue weighted by Crippen LogP contribution is -2.39. The van der Waals surface area contributed by atoms with Crippen LogP contribution in [0, 0.1) is 5.92 Å². The molecule has 17 heavy (non-hydrogen) atoms. The molecule has 0 unspecified atom stereocenters. The van der Waals surface area contributed by atoms with Gasteiger partial charge < -0.3 is 14.8 Å². The fraction of sp³-hybridized carbons (Fsp3) is 0.385. The lowest BCUT2D eigenvalue weighted by Gasteiger charge is -2.15. The number of ether oxygens (including phenoxy) is 1. The van der Waals surface area contributed by atoms with Crippen molar-refractivity contribution < 1.29 is 14.3 Å². The second-order valence-corrected chi connectivity index (χ2v) is 4.11. The van der Waals surface area contributed by atoms with Gasteiger partial charge in [0.2, 0.25) is 0 Å². The van der Waals surface area contributed by atoms with Crippen molar-refractivity contribution in [3.63, 3.8) is 0 Å². The molecule has 0 saturated carbocycles. The van der Waals surface area contributed by atoms with Crippen LogP contribution < -0.4 is 5.32 Å². The van der Waals surface area contributed by atoms with Crippen LogP contribution in [0.1, 0.15) is 19.4 Å². The number of hydrogen-bond acceptors (Lipinski definition) is 3. The predicted octanol–water partition coefficient (Wildman–Crippen LogP) is 2.14. The zero-order chi connectivity index (χ0) is 12.7. The molecule has 0 aliphatic carbocycles. The van der Waals surface area contributed by atoms with E-state index in [-0.39, 0.29) is 12.5 Å². The minimum atomic E-state index is -0.570. The fourth-order valence-electron chi connectivity index (χ4n) is 1.26. The van der Waals surface area contributed by atoms with Gasteiger partial charge in [-0.25, -0.2) is 4.79 Å². The van der Waals surface area contributed by atoms with Gasteiger partial charge in [0.25, 0.3) is 0 Å². The molecule has 0 aromatic heterocycles. The molecule has 1 aromatic rings. The van der Waals surface area contributed by atoms with Crippen molar-refractivity contribution in [2.75, 3.05) is 0 Å². The Morgan fingerprint density at radius 1 is 1.35 bits per heavy atom. The van der Waals surface area contributed by atoms with Crippen molar-refractivity contribution in [1.82, 2.24) is 5.32 Å². The van der Waals surface area contributed by atoms with Crippen LogP contribution in [0.15, 0.2) is 30.3 Å². The molecule has 1 amide bonds. The van der Waals surface area contributed by atoms with Crippen LogP contribution >= 0.6 is 0 Å². The van der Waals surface area contributed by atoms with Gasteiger partial charge in [-0.15, -0.1) is 0 Å². The molecule has 0 saturated heterocycles. The highest BCUT2D eigenvalue weighted by molar-refractivity contribution is 5.73. The van der Waals surface area contributed by atoms with Crippen LogP contribution in [0.5, 0.6) is 0 Å². The molecule has 1 aromatic carbocycles. The SMILES string of the molecule is CC(C)[C@H](C=O)NC(=O)OCc1ccccc1. The van der Waals surface area contributed by atoms with Gasteiger partial charge in [0.1, 0.15) is 12.9 Å². The number of amides is 1. The lowest BCUT2D eigenvalue weighted by molar-refractivity contribution is -0.110. The van der Waals surface area contributed by atoms with Gasteiger partial charge in [0.05, 0.1) is 6.04 Å². The standard InChI is InChI=1S/C13H17NO3/c1-10(2)12(8-15)14-13(16)17-9-11-6-4-3-5-7-11/h3-8,10,12H,9H2,1-2H3,(H,14,16)/t12-/m0/s1. The monoisotopic (exact) mass is 235 g/mol. The fourth-order valence-corrected chi connectivity index (χ4v) is 1.26. The van der Waals surface area contributed by atoms with Crippen LogP contribution in [0.4, 0.5) is 4.79 Å². The normalized spacial score (nSPS) is 11.9. The van der Waals surface area contributed by atoms with Crippen LogP contribution in [0.3, 0.4) is 0 Å². The third-order valence-electron chi connectivity index (χ3n) is 2.36. The van der Waals surface area contributed by atoms with E-state index in [2.05, 4.69) is 5.32 Å². The molecule has 0 fully saturated rings. The van der Waals surface area contributed by atoms with Crippen LogP contribution in [-0.2, 0) is 16.1 Å². The van der Waals surface area contributed by atoms with Gasteiger partial charge in [-0.3, -0.25) is 0 Å². The van der Waals surface area contributed by atoms with Crippen molar-refractivity contribution >= 4 is 12.4 Å². The van der Waals surface area contributed by atoms with Gasteiger partial charge in [-0.1, -0.05) is 44.2 Å². The molecule has 0 spiro atoms. The molecule has 0 radical (unpaired) electrons. The van der Waals surface area contributed by atoms with Crippen molar-refractivity contribution in [2.45, 2.75) is 26.5 Å². The Balaban J connectivity index is 2.37. The Labute approximate surface area is 101 Å². The quantitative estimate of drug-likeness (QED) is 0.795. The molecule has 0 bridgehead atoms. The third-order valence-corrected chi connectivity index (χ3v) is 2.36. The smallest absolute Gasteiger partial charge is 0.408 e. The number of nitrogens with one attached hydrogen (secondary N) is 1. The molecule has 4 nitrogen and oxygen atoms in total. The Morgan fingerprint density at radius 3 is 2.53 bits per heavy atom. The first-order valence-corrected chi connectivity index (χ1v) is 5.56. The minimum Gasteiger partial charge on any atom is -0.445 e. The second kappa shape index (κ2) is 6.68. The molecule has 0 aliphatic rings. The first-order chi connectivity index (χ1) is 8.13. The highest BCUT2D eigenvalue weighted by atomic mass is 16.5. The maximum Gasteiger partial charge on any atom is 0.408 e. The van der Waals surface area contributed by atoms with E-state index in [0.29, 0.717) is 6.29 Å². The van der Waals surface area contributed by atoms with Crippen molar-refractivity contribution in [3.8, 4) is 0 Å². The third kappa shape index (κ3) is 4.68. The van der Waals surface area contributed by atoms with Crippen LogP contribution in [0.2, 0.25) is 0 Å². The highest BCUT2D eigenvalue weighted by Gasteiger charge is 2.15. The Hall–Kier alpha value is -1.84. The molecule has 92 valence electrons. The number of benzene rings is 1. The van der Waals surface area contributed by atoms with E-state index >= 15 is 0 Å². The summed E-state index contributed by atoms with van der Waals surface area (Å²) >= 11 is 0. The second-order valence-electron chi connectivity index (χ2n) is 4.11. The largest absolute Gasteiger partial charge is 0.445 e. The average molecular weight is 235 g/mol. The summed E-state index contributed by atoms with van der Waals surface area (Å²) in [4.78, 5) is 22.1. The molecule has 1 rings (SSSR count). The van der Waals surface area contributed by atoms with Gasteiger partial charge in [0.15, 0.2) is 0 Å². The van der Waals surface area contributed by atoms with E-state index < -0.39 is 12.1 Å². The van der Waals surface area contributed by atoms with E-state index in [0.717, 1.165) is 5.56 Å². The van der Waals surface area contributed by atoms with Crippen LogP contribution in [-0.4, -0.2) is 18.4 Å². The summed E-state index contributed by atoms with van der Waals surface area (Å²) in [7, 11) is 0. The summed E-state index contributed by atoms with van der Waals surface area (Å²) < 4.78 is 5.00. The van der Waals surface area contributed by atoms with E-state index in [9.17, 15) is 9.59 Å². The van der Waals surface area contributed by atoms with Gasteiger partial charge in [0, 0.05) is 0 Å². The van der Waals surface area contributed by atoms with Crippen molar-refractivity contribution in [1.29, 1.82) is 0 Å². The summed E-state index contributed by atoms with van der Waals surface area (Å²) in [5.41, 5.74) is 0.912. The molecule has 0 heterocycles. The summed E-state index contributed by atoms with van der Waals surface area (Å²) in [6.07, 6.45) is 0.147. The average Bonchev–Trinajstić information content (AvgIpc) is 2.34. The zero-order valence-electron chi connectivity index (χ0n) is 10.1. The van der Waals surface area contributed by atoms with E-state index in [1.807, 2.05) is 44.2 Å². The molecule has 1 atom stereocenters. The highest BCUT2D eigenvalue weighted by Crippen LogP contribution is 2.02. The molecule has 1 N–H and O–H groups in total. The van der Waals surface area contributed by atoms with Gasteiger partial charge in [-0.05, 0) is 11.5 Å². The predicted molar refractivity (Wildman–Crippen MR) is 64.5 cm³/mol. The number of rotatable bonds is 5.